The Hall–Kier alpha value is -1.46. The topological polar surface area (TPSA) is 53.1 Å². The maximum absolute atomic E-state index is 10.9. The predicted octanol–water partition coefficient (Wildman–Crippen LogP) is 3.17. The first-order chi connectivity index (χ1) is 7.18. The van der Waals surface area contributed by atoms with Crippen LogP contribution >= 0.6 is 23.6 Å². The van der Waals surface area contributed by atoms with Gasteiger partial charge in [0.2, 0.25) is 0 Å². The summed E-state index contributed by atoms with van der Waals surface area (Å²) >= 11 is 6.21. The lowest BCUT2D eigenvalue weighted by molar-refractivity contribution is 0.0692. The number of benzene rings is 1. The smallest absolute Gasteiger partial charge is 0.353 e. The second-order valence-electron chi connectivity index (χ2n) is 2.89. The van der Waals surface area contributed by atoms with E-state index in [1.165, 1.54) is 11.3 Å². The summed E-state index contributed by atoms with van der Waals surface area (Å²) < 4.78 is 0.478. The molecule has 0 aliphatic heterocycles. The monoisotopic (exact) mass is 237 g/mol. The van der Waals surface area contributed by atoms with Crippen molar-refractivity contribution in [2.24, 2.45) is 0 Å². The van der Waals surface area contributed by atoms with Crippen molar-refractivity contribution in [3.05, 3.63) is 40.0 Å². The van der Waals surface area contributed by atoms with Crippen LogP contribution in [0, 0.1) is 3.95 Å². The molecule has 1 aromatic carbocycles. The van der Waals surface area contributed by atoms with Crippen molar-refractivity contribution < 1.29 is 9.90 Å². The number of hydrogen-bond donors (Lipinski definition) is 2. The molecule has 2 rings (SSSR count). The number of aromatic nitrogens is 1. The van der Waals surface area contributed by atoms with Crippen molar-refractivity contribution in [2.45, 2.75) is 0 Å². The van der Waals surface area contributed by atoms with Gasteiger partial charge in [0.05, 0.1) is 4.88 Å². The SMILES string of the molecule is O=C(O)c1[nH]c(=S)sc1-c1ccccc1. The minimum Gasteiger partial charge on any atom is -0.477 e. The van der Waals surface area contributed by atoms with Gasteiger partial charge < -0.3 is 10.1 Å². The lowest BCUT2D eigenvalue weighted by atomic mass is 10.1. The highest BCUT2D eigenvalue weighted by Gasteiger charge is 2.14. The molecular formula is C10H7NO2S2. The average molecular weight is 237 g/mol. The Morgan fingerprint density at radius 1 is 1.33 bits per heavy atom. The molecule has 15 heavy (non-hydrogen) atoms. The summed E-state index contributed by atoms with van der Waals surface area (Å²) in [5.74, 6) is -0.985. The number of aromatic amines is 1. The Balaban J connectivity index is 2.63. The molecule has 0 amide bonds. The van der Waals surface area contributed by atoms with E-state index in [1.807, 2.05) is 30.3 Å². The van der Waals surface area contributed by atoms with Gasteiger partial charge in [0.15, 0.2) is 3.95 Å². The van der Waals surface area contributed by atoms with Gasteiger partial charge in [-0.15, -0.1) is 11.3 Å². The van der Waals surface area contributed by atoms with Gasteiger partial charge in [-0.2, -0.15) is 0 Å². The average Bonchev–Trinajstić information content (AvgIpc) is 2.62. The fourth-order valence-corrected chi connectivity index (χ4v) is 2.46. The Morgan fingerprint density at radius 2 is 2.00 bits per heavy atom. The van der Waals surface area contributed by atoms with Crippen LogP contribution in [-0.2, 0) is 0 Å². The van der Waals surface area contributed by atoms with Gasteiger partial charge in [0.1, 0.15) is 5.69 Å². The van der Waals surface area contributed by atoms with E-state index in [0.717, 1.165) is 5.56 Å². The van der Waals surface area contributed by atoms with Crippen molar-refractivity contribution in [2.75, 3.05) is 0 Å². The van der Waals surface area contributed by atoms with Crippen LogP contribution in [0.4, 0.5) is 0 Å². The molecule has 0 spiro atoms. The number of H-pyrrole nitrogens is 1. The fraction of sp³-hybridized carbons (Fsp3) is 0. The van der Waals surface area contributed by atoms with Gasteiger partial charge >= 0.3 is 5.97 Å². The van der Waals surface area contributed by atoms with Crippen molar-refractivity contribution >= 4 is 29.5 Å². The summed E-state index contributed by atoms with van der Waals surface area (Å²) in [6.07, 6.45) is 0. The van der Waals surface area contributed by atoms with Gasteiger partial charge in [0, 0.05) is 0 Å². The Labute approximate surface area is 95.0 Å². The molecule has 1 aromatic heterocycles. The summed E-state index contributed by atoms with van der Waals surface area (Å²) in [5, 5.41) is 8.97. The third kappa shape index (κ3) is 1.98. The quantitative estimate of drug-likeness (QED) is 0.789. The summed E-state index contributed by atoms with van der Waals surface area (Å²) in [5.41, 5.74) is 1.03. The van der Waals surface area contributed by atoms with Crippen LogP contribution in [0.15, 0.2) is 30.3 Å². The van der Waals surface area contributed by atoms with Crippen molar-refractivity contribution in [1.82, 2.24) is 4.98 Å². The summed E-state index contributed by atoms with van der Waals surface area (Å²) in [6.45, 7) is 0. The summed E-state index contributed by atoms with van der Waals surface area (Å²) in [4.78, 5) is 14.3. The van der Waals surface area contributed by atoms with Gasteiger partial charge in [-0.3, -0.25) is 0 Å². The molecular weight excluding hydrogens is 230 g/mol. The largest absolute Gasteiger partial charge is 0.477 e. The van der Waals surface area contributed by atoms with Gasteiger partial charge in [0.25, 0.3) is 0 Å². The normalized spacial score (nSPS) is 10.1. The van der Waals surface area contributed by atoms with Crippen molar-refractivity contribution in [1.29, 1.82) is 0 Å². The molecule has 3 nitrogen and oxygen atoms in total. The zero-order valence-electron chi connectivity index (χ0n) is 7.56. The van der Waals surface area contributed by atoms with Gasteiger partial charge in [-0.25, -0.2) is 4.79 Å². The Morgan fingerprint density at radius 3 is 2.60 bits per heavy atom. The van der Waals surface area contributed by atoms with Gasteiger partial charge in [-0.1, -0.05) is 30.3 Å². The Bertz CT molecular complexity index is 542. The lowest BCUT2D eigenvalue weighted by Gasteiger charge is -1.97. The number of aromatic carboxylic acids is 1. The highest BCUT2D eigenvalue weighted by molar-refractivity contribution is 7.73. The molecule has 0 unspecified atom stereocenters. The molecule has 0 saturated carbocycles. The molecule has 0 aliphatic rings. The van der Waals surface area contributed by atoms with E-state index in [9.17, 15) is 4.79 Å². The first-order valence-electron chi connectivity index (χ1n) is 4.20. The molecule has 1 heterocycles. The standard InChI is InChI=1S/C10H7NO2S2/c12-9(13)7-8(15-10(14)11-7)6-4-2-1-3-5-6/h1-5H,(H,11,14)(H,12,13). The second-order valence-corrected chi connectivity index (χ2v) is 4.58. The van der Waals surface area contributed by atoms with Crippen LogP contribution in [0.2, 0.25) is 0 Å². The number of rotatable bonds is 2. The molecule has 5 heteroatoms. The maximum atomic E-state index is 10.9. The molecule has 76 valence electrons. The van der Waals surface area contributed by atoms with Crippen LogP contribution in [0.5, 0.6) is 0 Å². The molecule has 0 radical (unpaired) electrons. The van der Waals surface area contributed by atoms with E-state index in [4.69, 9.17) is 17.3 Å². The lowest BCUT2D eigenvalue weighted by Crippen LogP contribution is -1.98. The number of carboxylic acids is 1. The van der Waals surface area contributed by atoms with Crippen LogP contribution in [0.3, 0.4) is 0 Å². The van der Waals surface area contributed by atoms with E-state index in [1.54, 1.807) is 0 Å². The van der Waals surface area contributed by atoms with E-state index < -0.39 is 5.97 Å². The van der Waals surface area contributed by atoms with Gasteiger partial charge in [-0.05, 0) is 17.8 Å². The highest BCUT2D eigenvalue weighted by Crippen LogP contribution is 2.28. The second kappa shape index (κ2) is 3.96. The third-order valence-electron chi connectivity index (χ3n) is 1.90. The molecule has 0 atom stereocenters. The molecule has 2 N–H and O–H groups in total. The fourth-order valence-electron chi connectivity index (χ4n) is 1.27. The summed E-state index contributed by atoms with van der Waals surface area (Å²) in [6, 6.07) is 9.34. The van der Waals surface area contributed by atoms with E-state index in [-0.39, 0.29) is 5.69 Å². The third-order valence-corrected chi connectivity index (χ3v) is 3.18. The zero-order valence-corrected chi connectivity index (χ0v) is 9.19. The van der Waals surface area contributed by atoms with E-state index in [0.29, 0.717) is 8.83 Å². The van der Waals surface area contributed by atoms with Crippen molar-refractivity contribution in [3.8, 4) is 10.4 Å². The van der Waals surface area contributed by atoms with E-state index >= 15 is 0 Å². The predicted molar refractivity (Wildman–Crippen MR) is 61.9 cm³/mol. The number of carboxylic acid groups (broad SMARTS) is 1. The van der Waals surface area contributed by atoms with Crippen molar-refractivity contribution in [3.63, 3.8) is 0 Å². The first-order valence-corrected chi connectivity index (χ1v) is 5.43. The molecule has 0 bridgehead atoms. The van der Waals surface area contributed by atoms with Crippen LogP contribution in [0.25, 0.3) is 10.4 Å². The highest BCUT2D eigenvalue weighted by atomic mass is 32.1. The number of hydrogen-bond acceptors (Lipinski definition) is 3. The van der Waals surface area contributed by atoms with Crippen LogP contribution in [-0.4, -0.2) is 16.1 Å². The molecule has 2 aromatic rings. The number of thiazole rings is 1. The number of carbonyl (C=O) groups is 1. The zero-order chi connectivity index (χ0) is 10.8. The number of nitrogens with one attached hydrogen (secondary N) is 1. The first kappa shape index (κ1) is 10.1. The van der Waals surface area contributed by atoms with E-state index in [2.05, 4.69) is 4.98 Å². The Kier molecular flexibility index (Phi) is 2.66. The minimum atomic E-state index is -0.985. The minimum absolute atomic E-state index is 0.163. The van der Waals surface area contributed by atoms with Crippen LogP contribution < -0.4 is 0 Å². The molecule has 0 saturated heterocycles. The summed E-state index contributed by atoms with van der Waals surface area (Å²) in [7, 11) is 0. The maximum Gasteiger partial charge on any atom is 0.353 e. The van der Waals surface area contributed by atoms with Crippen LogP contribution in [0.1, 0.15) is 10.5 Å². The molecule has 0 fully saturated rings. The molecule has 0 aliphatic carbocycles.